The number of amides is 2. The van der Waals surface area contributed by atoms with Crippen LogP contribution >= 0.6 is 0 Å². The van der Waals surface area contributed by atoms with E-state index in [2.05, 4.69) is 15.3 Å². The lowest BCUT2D eigenvalue weighted by atomic mass is 9.93. The molecule has 148 valence electrons. The van der Waals surface area contributed by atoms with Gasteiger partial charge >= 0.3 is 0 Å². The summed E-state index contributed by atoms with van der Waals surface area (Å²) in [6.07, 6.45) is 4.75. The average Bonchev–Trinajstić information content (AvgIpc) is 3.19. The second-order valence-electron chi connectivity index (χ2n) is 7.78. The lowest BCUT2D eigenvalue weighted by Gasteiger charge is -2.46. The van der Waals surface area contributed by atoms with E-state index < -0.39 is 6.04 Å². The Bertz CT molecular complexity index is 849. The molecule has 2 fully saturated rings. The first-order chi connectivity index (χ1) is 13.6. The summed E-state index contributed by atoms with van der Waals surface area (Å²) in [4.78, 5) is 29.5. The van der Waals surface area contributed by atoms with Crippen molar-refractivity contribution in [3.63, 3.8) is 0 Å². The van der Waals surface area contributed by atoms with Gasteiger partial charge in [-0.15, -0.1) is 0 Å². The SMILES string of the molecule is CC[C@H](C)[C@@H]1NC(=O)[C@H]2CN(Cc3cnn(-c4ccccc4)c3)CCN2C1=O. The molecule has 28 heavy (non-hydrogen) atoms. The van der Waals surface area contributed by atoms with Gasteiger partial charge in [0, 0.05) is 37.9 Å². The summed E-state index contributed by atoms with van der Waals surface area (Å²) in [6.45, 7) is 6.69. The van der Waals surface area contributed by atoms with E-state index in [-0.39, 0.29) is 23.8 Å². The van der Waals surface area contributed by atoms with Crippen LogP contribution in [0.25, 0.3) is 5.69 Å². The molecule has 1 N–H and O–H groups in total. The maximum Gasteiger partial charge on any atom is 0.246 e. The molecule has 7 heteroatoms. The number of rotatable bonds is 5. The fraction of sp³-hybridized carbons (Fsp3) is 0.476. The highest BCUT2D eigenvalue weighted by molar-refractivity contribution is 5.97. The zero-order chi connectivity index (χ0) is 19.7. The van der Waals surface area contributed by atoms with Crippen molar-refractivity contribution in [3.05, 3.63) is 48.3 Å². The van der Waals surface area contributed by atoms with E-state index in [4.69, 9.17) is 0 Å². The van der Waals surface area contributed by atoms with Crippen LogP contribution < -0.4 is 5.32 Å². The Hall–Kier alpha value is -2.67. The zero-order valence-corrected chi connectivity index (χ0v) is 16.4. The molecule has 2 amide bonds. The summed E-state index contributed by atoms with van der Waals surface area (Å²) < 4.78 is 1.86. The minimum Gasteiger partial charge on any atom is -0.342 e. The number of carbonyl (C=O) groups is 2. The highest BCUT2D eigenvalue weighted by atomic mass is 16.2. The maximum atomic E-state index is 12.8. The van der Waals surface area contributed by atoms with E-state index in [1.54, 1.807) is 4.90 Å². The van der Waals surface area contributed by atoms with E-state index in [0.717, 1.165) is 24.2 Å². The average molecular weight is 381 g/mol. The molecule has 2 aliphatic heterocycles. The molecule has 0 spiro atoms. The zero-order valence-electron chi connectivity index (χ0n) is 16.4. The van der Waals surface area contributed by atoms with Crippen LogP contribution in [0.1, 0.15) is 25.8 Å². The number of nitrogens with one attached hydrogen (secondary N) is 1. The van der Waals surface area contributed by atoms with Crippen LogP contribution in [0.4, 0.5) is 0 Å². The number of piperazine rings is 2. The third kappa shape index (κ3) is 3.54. The van der Waals surface area contributed by atoms with Crippen LogP contribution in [0, 0.1) is 5.92 Å². The molecule has 0 saturated carbocycles. The van der Waals surface area contributed by atoms with Gasteiger partial charge in [0.1, 0.15) is 12.1 Å². The van der Waals surface area contributed by atoms with E-state index in [9.17, 15) is 9.59 Å². The first-order valence-electron chi connectivity index (χ1n) is 9.99. The Balaban J connectivity index is 1.42. The van der Waals surface area contributed by atoms with Crippen LogP contribution in [-0.4, -0.2) is 63.1 Å². The molecule has 2 aromatic rings. The molecule has 0 radical (unpaired) electrons. The summed E-state index contributed by atoms with van der Waals surface area (Å²) in [6, 6.07) is 9.20. The van der Waals surface area contributed by atoms with E-state index >= 15 is 0 Å². The fourth-order valence-electron chi connectivity index (χ4n) is 4.00. The van der Waals surface area contributed by atoms with Gasteiger partial charge in [0.2, 0.25) is 11.8 Å². The second-order valence-corrected chi connectivity index (χ2v) is 7.78. The van der Waals surface area contributed by atoms with E-state index in [1.807, 2.05) is 61.3 Å². The molecule has 1 aromatic carbocycles. The van der Waals surface area contributed by atoms with Gasteiger partial charge in [-0.05, 0) is 18.1 Å². The molecule has 3 atom stereocenters. The molecule has 2 saturated heterocycles. The molecule has 0 unspecified atom stereocenters. The number of nitrogens with zero attached hydrogens (tertiary/aromatic N) is 4. The quantitative estimate of drug-likeness (QED) is 0.851. The number of benzene rings is 1. The lowest BCUT2D eigenvalue weighted by Crippen LogP contribution is -2.70. The summed E-state index contributed by atoms with van der Waals surface area (Å²) in [5.74, 6) is 0.185. The van der Waals surface area contributed by atoms with Gasteiger partial charge in [-0.3, -0.25) is 14.5 Å². The van der Waals surface area contributed by atoms with Gasteiger partial charge < -0.3 is 10.2 Å². The van der Waals surface area contributed by atoms with Gasteiger partial charge in [0.15, 0.2) is 0 Å². The van der Waals surface area contributed by atoms with Gasteiger partial charge in [0.25, 0.3) is 0 Å². The van der Waals surface area contributed by atoms with Crippen LogP contribution in [0.2, 0.25) is 0 Å². The summed E-state index contributed by atoms with van der Waals surface area (Å²) in [5.41, 5.74) is 2.12. The van der Waals surface area contributed by atoms with Gasteiger partial charge in [-0.25, -0.2) is 4.68 Å². The molecular weight excluding hydrogens is 354 g/mol. The van der Waals surface area contributed by atoms with E-state index in [0.29, 0.717) is 19.6 Å². The lowest BCUT2D eigenvalue weighted by molar-refractivity contribution is -0.154. The van der Waals surface area contributed by atoms with Gasteiger partial charge in [0.05, 0.1) is 11.9 Å². The number of hydrogen-bond donors (Lipinski definition) is 1. The number of aromatic nitrogens is 2. The number of fused-ring (bicyclic) bond motifs is 1. The first kappa shape index (κ1) is 18.7. The molecule has 0 aliphatic carbocycles. The van der Waals surface area contributed by atoms with Crippen molar-refractivity contribution >= 4 is 11.8 Å². The molecule has 1 aromatic heterocycles. The van der Waals surface area contributed by atoms with Crippen LogP contribution in [-0.2, 0) is 16.1 Å². The second kappa shape index (κ2) is 7.75. The fourth-order valence-corrected chi connectivity index (χ4v) is 4.00. The summed E-state index contributed by atoms with van der Waals surface area (Å²) in [5, 5.41) is 7.40. The highest BCUT2D eigenvalue weighted by Gasteiger charge is 2.44. The normalized spacial score (nSPS) is 24.0. The van der Waals surface area contributed by atoms with E-state index in [1.165, 1.54) is 0 Å². The third-order valence-electron chi connectivity index (χ3n) is 5.89. The summed E-state index contributed by atoms with van der Waals surface area (Å²) in [7, 11) is 0. The smallest absolute Gasteiger partial charge is 0.246 e. The first-order valence-corrected chi connectivity index (χ1v) is 9.99. The van der Waals surface area contributed by atoms with Gasteiger partial charge in [-0.2, -0.15) is 5.10 Å². The molecule has 7 nitrogen and oxygen atoms in total. The minimum absolute atomic E-state index is 0.0328. The topological polar surface area (TPSA) is 70.5 Å². The Morgan fingerprint density at radius 1 is 1.21 bits per heavy atom. The van der Waals surface area contributed by atoms with Gasteiger partial charge in [-0.1, -0.05) is 38.5 Å². The Labute approximate surface area is 165 Å². The third-order valence-corrected chi connectivity index (χ3v) is 5.89. The largest absolute Gasteiger partial charge is 0.342 e. The van der Waals surface area contributed by atoms with Crippen molar-refractivity contribution < 1.29 is 9.59 Å². The molecule has 0 bridgehead atoms. The van der Waals surface area contributed by atoms with Crippen molar-refractivity contribution in [2.24, 2.45) is 5.92 Å². The highest BCUT2D eigenvalue weighted by Crippen LogP contribution is 2.22. The maximum absolute atomic E-state index is 12.8. The number of hydrogen-bond acceptors (Lipinski definition) is 4. The Kier molecular flexibility index (Phi) is 5.17. The Morgan fingerprint density at radius 2 is 2.00 bits per heavy atom. The molecular formula is C21H27N5O2. The summed E-state index contributed by atoms with van der Waals surface area (Å²) >= 11 is 0. The van der Waals surface area contributed by atoms with Crippen molar-refractivity contribution in [1.29, 1.82) is 0 Å². The van der Waals surface area contributed by atoms with Crippen molar-refractivity contribution in [3.8, 4) is 5.69 Å². The predicted octanol–water partition coefficient (Wildman–Crippen LogP) is 1.43. The van der Waals surface area contributed by atoms with Crippen LogP contribution in [0.15, 0.2) is 42.7 Å². The minimum atomic E-state index is -0.397. The monoisotopic (exact) mass is 381 g/mol. The number of carbonyl (C=O) groups excluding carboxylic acids is 2. The predicted molar refractivity (Wildman–Crippen MR) is 106 cm³/mol. The standard InChI is InChI=1S/C21H27N5O2/c1-3-15(2)19-21(28)25-10-9-24(14-18(25)20(27)23-19)12-16-11-22-26(13-16)17-7-5-4-6-8-17/h4-8,11,13,15,18-19H,3,9-10,12,14H2,1-2H3,(H,23,27)/t15-,18+,19-/m0/s1. The van der Waals surface area contributed by atoms with Crippen LogP contribution in [0.3, 0.4) is 0 Å². The Morgan fingerprint density at radius 3 is 2.75 bits per heavy atom. The number of para-hydroxylation sites is 1. The molecule has 3 heterocycles. The molecule has 2 aliphatic rings. The van der Waals surface area contributed by atoms with Crippen molar-refractivity contribution in [2.45, 2.75) is 38.9 Å². The molecule has 4 rings (SSSR count). The van der Waals surface area contributed by atoms with Crippen LogP contribution in [0.5, 0.6) is 0 Å². The van der Waals surface area contributed by atoms with Crippen molar-refractivity contribution in [2.75, 3.05) is 19.6 Å². The van der Waals surface area contributed by atoms with Crippen molar-refractivity contribution in [1.82, 2.24) is 24.9 Å².